The molecule has 3 aromatic carbocycles. The summed E-state index contributed by atoms with van der Waals surface area (Å²) in [5.74, 6) is 1.19. The Kier molecular flexibility index (Phi) is 4.71. The van der Waals surface area contributed by atoms with Crippen molar-refractivity contribution in [1.29, 1.82) is 0 Å². The van der Waals surface area contributed by atoms with Gasteiger partial charge >= 0.3 is 0 Å². The van der Waals surface area contributed by atoms with Gasteiger partial charge < -0.3 is 14.4 Å². The average molecular weight is 398 g/mol. The van der Waals surface area contributed by atoms with Gasteiger partial charge in [-0.15, -0.1) is 0 Å². The molecule has 30 heavy (non-hydrogen) atoms. The first-order valence-corrected chi connectivity index (χ1v) is 10.2. The summed E-state index contributed by atoms with van der Waals surface area (Å²) in [5.41, 5.74) is 1.52. The number of hydrogen-bond acceptors (Lipinski definition) is 4. The quantitative estimate of drug-likeness (QED) is 0.489. The molecular formula is C25H22N2O3. The minimum Gasteiger partial charge on any atom is -0.493 e. The lowest BCUT2D eigenvalue weighted by atomic mass is 10.0. The fourth-order valence-electron chi connectivity index (χ4n) is 3.87. The van der Waals surface area contributed by atoms with Crippen LogP contribution in [0.1, 0.15) is 17.3 Å². The van der Waals surface area contributed by atoms with E-state index in [0.29, 0.717) is 36.9 Å². The van der Waals surface area contributed by atoms with Crippen LogP contribution in [0.4, 0.5) is 0 Å². The standard InChI is InChI=1S/C25H22N2O3/c1-2-29-22-13-11-17-7-3-5-9-20(17)24(22)25(28)27-15-19(16-27)30-23-14-12-18-8-4-6-10-21(18)26-23/h3-14,19H,2,15-16H2,1H3. The Balaban J connectivity index is 1.33. The molecule has 1 aliphatic rings. The molecule has 1 aliphatic heterocycles. The molecule has 0 aliphatic carbocycles. The zero-order valence-electron chi connectivity index (χ0n) is 16.7. The van der Waals surface area contributed by atoms with Crippen LogP contribution in [0.2, 0.25) is 0 Å². The third-order valence-electron chi connectivity index (χ3n) is 5.40. The van der Waals surface area contributed by atoms with E-state index in [9.17, 15) is 4.79 Å². The SMILES string of the molecule is CCOc1ccc2ccccc2c1C(=O)N1CC(Oc2ccc3ccccc3n2)C1. The number of likely N-dealkylation sites (tertiary alicyclic amines) is 1. The fourth-order valence-corrected chi connectivity index (χ4v) is 3.87. The molecule has 1 amide bonds. The molecule has 4 aromatic rings. The van der Waals surface area contributed by atoms with E-state index in [2.05, 4.69) is 4.98 Å². The number of hydrogen-bond donors (Lipinski definition) is 0. The molecular weight excluding hydrogens is 376 g/mol. The summed E-state index contributed by atoms with van der Waals surface area (Å²) in [6.07, 6.45) is -0.0619. The highest BCUT2D eigenvalue weighted by atomic mass is 16.5. The Morgan fingerprint density at radius 3 is 2.53 bits per heavy atom. The lowest BCUT2D eigenvalue weighted by Crippen LogP contribution is -2.56. The molecule has 1 saturated heterocycles. The number of para-hydroxylation sites is 1. The minimum atomic E-state index is -0.0619. The Bertz CT molecular complexity index is 1230. The van der Waals surface area contributed by atoms with E-state index >= 15 is 0 Å². The van der Waals surface area contributed by atoms with Crippen LogP contribution in [0, 0.1) is 0 Å². The van der Waals surface area contributed by atoms with Crippen molar-refractivity contribution < 1.29 is 14.3 Å². The summed E-state index contributed by atoms with van der Waals surface area (Å²) < 4.78 is 11.8. The normalized spacial score (nSPS) is 14.0. The lowest BCUT2D eigenvalue weighted by molar-refractivity contribution is 0.0160. The summed E-state index contributed by atoms with van der Waals surface area (Å²) in [6, 6.07) is 23.6. The average Bonchev–Trinajstić information content (AvgIpc) is 2.75. The van der Waals surface area contributed by atoms with Crippen molar-refractivity contribution in [2.24, 2.45) is 0 Å². The molecule has 0 bridgehead atoms. The number of carbonyl (C=O) groups is 1. The first-order valence-electron chi connectivity index (χ1n) is 10.2. The van der Waals surface area contributed by atoms with E-state index in [4.69, 9.17) is 9.47 Å². The van der Waals surface area contributed by atoms with Crippen LogP contribution < -0.4 is 9.47 Å². The van der Waals surface area contributed by atoms with E-state index in [-0.39, 0.29) is 12.0 Å². The van der Waals surface area contributed by atoms with Crippen LogP contribution in [-0.4, -0.2) is 41.6 Å². The van der Waals surface area contributed by atoms with Crippen molar-refractivity contribution in [3.05, 3.63) is 78.4 Å². The molecule has 1 fully saturated rings. The predicted octanol–water partition coefficient (Wildman–Crippen LogP) is 4.69. The molecule has 2 heterocycles. The van der Waals surface area contributed by atoms with E-state index in [1.54, 1.807) is 4.90 Å². The van der Waals surface area contributed by atoms with Gasteiger partial charge in [-0.2, -0.15) is 0 Å². The van der Waals surface area contributed by atoms with E-state index < -0.39 is 0 Å². The maximum atomic E-state index is 13.3. The summed E-state index contributed by atoms with van der Waals surface area (Å²) in [6.45, 7) is 3.50. The monoisotopic (exact) mass is 398 g/mol. The van der Waals surface area contributed by atoms with Gasteiger partial charge in [-0.3, -0.25) is 4.79 Å². The Morgan fingerprint density at radius 1 is 0.967 bits per heavy atom. The fraction of sp³-hybridized carbons (Fsp3) is 0.200. The molecule has 1 aromatic heterocycles. The number of rotatable bonds is 5. The number of benzene rings is 3. The minimum absolute atomic E-state index is 0.0263. The van der Waals surface area contributed by atoms with Crippen LogP contribution >= 0.6 is 0 Å². The number of carbonyl (C=O) groups excluding carboxylic acids is 1. The van der Waals surface area contributed by atoms with E-state index in [0.717, 1.165) is 21.7 Å². The maximum Gasteiger partial charge on any atom is 0.258 e. The summed E-state index contributed by atoms with van der Waals surface area (Å²) in [7, 11) is 0. The lowest BCUT2D eigenvalue weighted by Gasteiger charge is -2.39. The molecule has 0 unspecified atom stereocenters. The number of aromatic nitrogens is 1. The topological polar surface area (TPSA) is 51.7 Å². The molecule has 150 valence electrons. The summed E-state index contributed by atoms with van der Waals surface area (Å²) in [5, 5.41) is 3.02. The summed E-state index contributed by atoms with van der Waals surface area (Å²) in [4.78, 5) is 19.6. The number of pyridine rings is 1. The highest BCUT2D eigenvalue weighted by Crippen LogP contribution is 2.31. The van der Waals surface area contributed by atoms with Crippen LogP contribution in [0.5, 0.6) is 11.6 Å². The van der Waals surface area contributed by atoms with Crippen molar-refractivity contribution in [3.63, 3.8) is 0 Å². The molecule has 0 radical (unpaired) electrons. The van der Waals surface area contributed by atoms with Crippen molar-refractivity contribution in [2.75, 3.05) is 19.7 Å². The van der Waals surface area contributed by atoms with E-state index in [1.807, 2.05) is 79.7 Å². The first-order chi connectivity index (χ1) is 14.7. The Hall–Kier alpha value is -3.60. The molecule has 0 saturated carbocycles. The van der Waals surface area contributed by atoms with Gasteiger partial charge in [0.15, 0.2) is 0 Å². The number of amides is 1. The third-order valence-corrected chi connectivity index (χ3v) is 5.40. The van der Waals surface area contributed by atoms with Crippen LogP contribution in [-0.2, 0) is 0 Å². The Labute approximate surface area is 174 Å². The van der Waals surface area contributed by atoms with Gasteiger partial charge in [0, 0.05) is 11.5 Å². The zero-order chi connectivity index (χ0) is 20.5. The first kappa shape index (κ1) is 18.4. The molecule has 5 nitrogen and oxygen atoms in total. The van der Waals surface area contributed by atoms with Gasteiger partial charge in [-0.25, -0.2) is 4.98 Å². The number of nitrogens with zero attached hydrogens (tertiary/aromatic N) is 2. The second kappa shape index (κ2) is 7.67. The predicted molar refractivity (Wildman–Crippen MR) is 117 cm³/mol. The van der Waals surface area contributed by atoms with Crippen molar-refractivity contribution in [2.45, 2.75) is 13.0 Å². The molecule has 5 heteroatoms. The molecule has 0 atom stereocenters. The van der Waals surface area contributed by atoms with Crippen LogP contribution in [0.15, 0.2) is 72.8 Å². The second-order valence-electron chi connectivity index (χ2n) is 7.39. The van der Waals surface area contributed by atoms with Gasteiger partial charge in [0.1, 0.15) is 11.9 Å². The van der Waals surface area contributed by atoms with Gasteiger partial charge in [0.25, 0.3) is 5.91 Å². The number of ether oxygens (including phenoxy) is 2. The smallest absolute Gasteiger partial charge is 0.258 e. The highest BCUT2D eigenvalue weighted by molar-refractivity contribution is 6.09. The maximum absolute atomic E-state index is 13.3. The second-order valence-corrected chi connectivity index (χ2v) is 7.39. The zero-order valence-corrected chi connectivity index (χ0v) is 16.7. The molecule has 5 rings (SSSR count). The van der Waals surface area contributed by atoms with Gasteiger partial charge in [0.2, 0.25) is 5.88 Å². The van der Waals surface area contributed by atoms with Crippen molar-refractivity contribution in [3.8, 4) is 11.6 Å². The third kappa shape index (κ3) is 3.32. The van der Waals surface area contributed by atoms with Gasteiger partial charge in [-0.05, 0) is 35.9 Å². The van der Waals surface area contributed by atoms with Crippen molar-refractivity contribution >= 4 is 27.6 Å². The van der Waals surface area contributed by atoms with Gasteiger partial charge in [-0.1, -0.05) is 48.5 Å². The van der Waals surface area contributed by atoms with Gasteiger partial charge in [0.05, 0.1) is 30.8 Å². The van der Waals surface area contributed by atoms with Crippen LogP contribution in [0.3, 0.4) is 0 Å². The largest absolute Gasteiger partial charge is 0.493 e. The molecule has 0 spiro atoms. The van der Waals surface area contributed by atoms with E-state index in [1.165, 1.54) is 0 Å². The van der Waals surface area contributed by atoms with Crippen molar-refractivity contribution in [1.82, 2.24) is 9.88 Å². The van der Waals surface area contributed by atoms with Crippen LogP contribution in [0.25, 0.3) is 21.7 Å². The Morgan fingerprint density at radius 2 is 1.70 bits per heavy atom. The molecule has 0 N–H and O–H groups in total. The summed E-state index contributed by atoms with van der Waals surface area (Å²) >= 11 is 0. The highest BCUT2D eigenvalue weighted by Gasteiger charge is 2.35. The number of fused-ring (bicyclic) bond motifs is 2.